The van der Waals surface area contributed by atoms with Gasteiger partial charge < -0.3 is 15.2 Å². The largest absolute Gasteiger partial charge is 0.507 e. The number of nitrogens with one attached hydrogen (secondary N) is 1. The summed E-state index contributed by atoms with van der Waals surface area (Å²) < 4.78 is 5.06. The molecule has 116 valence electrons. The Labute approximate surface area is 133 Å². The van der Waals surface area contributed by atoms with Crippen LogP contribution in [0.15, 0.2) is 42.6 Å². The van der Waals surface area contributed by atoms with Gasteiger partial charge in [0.1, 0.15) is 11.6 Å². The summed E-state index contributed by atoms with van der Waals surface area (Å²) in [4.78, 5) is 0. The second-order valence-electron chi connectivity index (χ2n) is 4.77. The first-order valence-corrected chi connectivity index (χ1v) is 6.93. The van der Waals surface area contributed by atoms with Gasteiger partial charge >= 0.3 is 0 Å². The minimum Gasteiger partial charge on any atom is -0.507 e. The molecule has 0 amide bonds. The van der Waals surface area contributed by atoms with Crippen LogP contribution in [0.2, 0.25) is 0 Å². The summed E-state index contributed by atoms with van der Waals surface area (Å²) in [5.74, 6) is 1.20. The van der Waals surface area contributed by atoms with Crippen LogP contribution in [0.3, 0.4) is 0 Å². The van der Waals surface area contributed by atoms with E-state index in [-0.39, 0.29) is 5.75 Å². The van der Waals surface area contributed by atoms with Gasteiger partial charge in [0.2, 0.25) is 5.88 Å². The summed E-state index contributed by atoms with van der Waals surface area (Å²) >= 11 is 0. The van der Waals surface area contributed by atoms with E-state index in [1.54, 1.807) is 43.6 Å². The lowest BCUT2D eigenvalue weighted by molar-refractivity contribution is 0.392. The highest BCUT2D eigenvalue weighted by atomic mass is 16.5. The summed E-state index contributed by atoms with van der Waals surface area (Å²) in [6, 6.07) is 10.7. The third-order valence-corrected chi connectivity index (χ3v) is 3.37. The van der Waals surface area contributed by atoms with Crippen molar-refractivity contribution in [3.8, 4) is 34.0 Å². The number of hydrogen-bond acceptors (Lipinski definition) is 7. The minimum atomic E-state index is 0.116. The van der Waals surface area contributed by atoms with Crippen molar-refractivity contribution in [3.63, 3.8) is 0 Å². The Kier molecular flexibility index (Phi) is 4.01. The molecule has 0 fully saturated rings. The third-order valence-electron chi connectivity index (χ3n) is 3.37. The maximum Gasteiger partial charge on any atom is 0.233 e. The average Bonchev–Trinajstić information content (AvgIpc) is 2.62. The molecule has 0 atom stereocenters. The van der Waals surface area contributed by atoms with Crippen molar-refractivity contribution in [2.24, 2.45) is 0 Å². The number of aromatic hydroxyl groups is 1. The second-order valence-corrected chi connectivity index (χ2v) is 4.77. The van der Waals surface area contributed by atoms with Gasteiger partial charge in [-0.25, -0.2) is 0 Å². The number of benzene rings is 1. The monoisotopic (exact) mass is 309 g/mol. The molecule has 0 aliphatic rings. The van der Waals surface area contributed by atoms with E-state index in [1.807, 2.05) is 6.07 Å². The molecule has 0 aliphatic carbocycles. The van der Waals surface area contributed by atoms with E-state index < -0.39 is 0 Å². The summed E-state index contributed by atoms with van der Waals surface area (Å²) in [6.45, 7) is 0. The van der Waals surface area contributed by atoms with Crippen molar-refractivity contribution in [2.75, 3.05) is 19.5 Å². The van der Waals surface area contributed by atoms with Crippen LogP contribution >= 0.6 is 0 Å². The van der Waals surface area contributed by atoms with Crippen molar-refractivity contribution in [2.45, 2.75) is 0 Å². The molecule has 1 aromatic carbocycles. The van der Waals surface area contributed by atoms with Crippen LogP contribution < -0.4 is 10.1 Å². The highest BCUT2D eigenvalue weighted by molar-refractivity contribution is 5.74. The van der Waals surface area contributed by atoms with Crippen molar-refractivity contribution in [1.82, 2.24) is 20.4 Å². The fourth-order valence-electron chi connectivity index (χ4n) is 2.14. The zero-order valence-corrected chi connectivity index (χ0v) is 12.7. The molecule has 0 saturated carbocycles. The number of methoxy groups -OCH3 is 1. The lowest BCUT2D eigenvalue weighted by Gasteiger charge is -2.08. The molecule has 0 unspecified atom stereocenters. The fraction of sp³-hybridized carbons (Fsp3) is 0.125. The molecule has 0 radical (unpaired) electrons. The molecule has 0 spiro atoms. The Morgan fingerprint density at radius 3 is 2.52 bits per heavy atom. The van der Waals surface area contributed by atoms with Gasteiger partial charge in [-0.3, -0.25) is 0 Å². The molecule has 23 heavy (non-hydrogen) atoms. The highest BCUT2D eigenvalue weighted by Crippen LogP contribution is 2.32. The van der Waals surface area contributed by atoms with E-state index in [1.165, 1.54) is 7.11 Å². The first kappa shape index (κ1) is 14.7. The predicted molar refractivity (Wildman–Crippen MR) is 86.3 cm³/mol. The number of ether oxygens (including phenoxy) is 1. The van der Waals surface area contributed by atoms with Crippen molar-refractivity contribution in [1.29, 1.82) is 0 Å². The molecule has 0 aliphatic heterocycles. The summed E-state index contributed by atoms with van der Waals surface area (Å²) in [6.07, 6.45) is 1.61. The van der Waals surface area contributed by atoms with Crippen LogP contribution in [0.4, 0.5) is 5.82 Å². The van der Waals surface area contributed by atoms with Gasteiger partial charge in [-0.1, -0.05) is 6.07 Å². The van der Waals surface area contributed by atoms with Crippen LogP contribution in [0.25, 0.3) is 22.4 Å². The summed E-state index contributed by atoms with van der Waals surface area (Å²) in [5.41, 5.74) is 2.81. The molecule has 3 aromatic rings. The normalized spacial score (nSPS) is 10.3. The van der Waals surface area contributed by atoms with Crippen LogP contribution in [0.5, 0.6) is 11.6 Å². The molecular formula is C16H15N5O2. The molecule has 2 N–H and O–H groups in total. The van der Waals surface area contributed by atoms with Gasteiger partial charge in [0.05, 0.1) is 19.0 Å². The SMILES string of the molecule is CNc1ccc(-c2ccc(-c3cnnc(OC)c3)cc2O)nn1. The minimum absolute atomic E-state index is 0.116. The van der Waals surface area contributed by atoms with E-state index in [2.05, 4.69) is 25.7 Å². The van der Waals surface area contributed by atoms with E-state index in [0.29, 0.717) is 23.0 Å². The number of nitrogens with zero attached hydrogens (tertiary/aromatic N) is 4. The molecule has 7 nitrogen and oxygen atoms in total. The van der Waals surface area contributed by atoms with E-state index >= 15 is 0 Å². The smallest absolute Gasteiger partial charge is 0.233 e. The Hall–Kier alpha value is -3.22. The van der Waals surface area contributed by atoms with E-state index in [4.69, 9.17) is 4.74 Å². The molecule has 2 heterocycles. The molecule has 3 rings (SSSR count). The molecule has 0 saturated heterocycles. The predicted octanol–water partition coefficient (Wildman–Crippen LogP) is 2.36. The Morgan fingerprint density at radius 2 is 1.87 bits per heavy atom. The molecular weight excluding hydrogens is 294 g/mol. The van der Waals surface area contributed by atoms with Crippen molar-refractivity contribution < 1.29 is 9.84 Å². The van der Waals surface area contributed by atoms with Crippen LogP contribution in [-0.2, 0) is 0 Å². The zero-order valence-electron chi connectivity index (χ0n) is 12.7. The second kappa shape index (κ2) is 6.27. The summed E-state index contributed by atoms with van der Waals surface area (Å²) in [5, 5.41) is 29.0. The number of aromatic nitrogens is 4. The van der Waals surface area contributed by atoms with Gasteiger partial charge in [-0.05, 0) is 29.8 Å². The fourth-order valence-corrected chi connectivity index (χ4v) is 2.14. The standard InChI is InChI=1S/C16H15N5O2/c1-17-15-6-5-13(19-20-15)12-4-3-10(7-14(12)22)11-8-16(23-2)21-18-9-11/h3-9,22H,1-2H3,(H,17,20). The van der Waals surface area contributed by atoms with E-state index in [9.17, 15) is 5.11 Å². The Morgan fingerprint density at radius 1 is 1.00 bits per heavy atom. The van der Waals surface area contributed by atoms with Crippen LogP contribution in [0, 0.1) is 0 Å². The number of phenolic OH excluding ortho intramolecular Hbond substituents is 1. The van der Waals surface area contributed by atoms with Gasteiger partial charge in [-0.2, -0.15) is 5.10 Å². The Balaban J connectivity index is 1.96. The lowest BCUT2D eigenvalue weighted by atomic mass is 10.0. The van der Waals surface area contributed by atoms with Gasteiger partial charge in [-0.15, -0.1) is 15.3 Å². The molecule has 0 bridgehead atoms. The van der Waals surface area contributed by atoms with E-state index in [0.717, 1.165) is 11.1 Å². The number of phenols is 1. The van der Waals surface area contributed by atoms with Gasteiger partial charge in [0.15, 0.2) is 0 Å². The third kappa shape index (κ3) is 3.03. The Bertz CT molecular complexity index is 821. The highest BCUT2D eigenvalue weighted by Gasteiger charge is 2.09. The first-order valence-electron chi connectivity index (χ1n) is 6.93. The van der Waals surface area contributed by atoms with Gasteiger partial charge in [0.25, 0.3) is 0 Å². The summed E-state index contributed by atoms with van der Waals surface area (Å²) in [7, 11) is 3.30. The van der Waals surface area contributed by atoms with Crippen molar-refractivity contribution >= 4 is 5.82 Å². The van der Waals surface area contributed by atoms with Crippen molar-refractivity contribution in [3.05, 3.63) is 42.6 Å². The maximum absolute atomic E-state index is 10.3. The van der Waals surface area contributed by atoms with Crippen LogP contribution in [0.1, 0.15) is 0 Å². The molecule has 7 heteroatoms. The quantitative estimate of drug-likeness (QED) is 0.764. The number of rotatable bonds is 4. The number of hydrogen-bond donors (Lipinski definition) is 2. The lowest BCUT2D eigenvalue weighted by Crippen LogP contribution is -1.95. The maximum atomic E-state index is 10.3. The first-order chi connectivity index (χ1) is 11.2. The zero-order chi connectivity index (χ0) is 16.2. The molecule has 2 aromatic heterocycles. The topological polar surface area (TPSA) is 93.1 Å². The average molecular weight is 309 g/mol. The van der Waals surface area contributed by atoms with Crippen LogP contribution in [-0.4, -0.2) is 39.7 Å². The van der Waals surface area contributed by atoms with Gasteiger partial charge in [0, 0.05) is 24.2 Å². The number of anilines is 1.